The molecule has 24 heavy (non-hydrogen) atoms. The minimum absolute atomic E-state index is 0.200. The molecule has 0 bridgehead atoms. The first-order valence-corrected chi connectivity index (χ1v) is 9.90. The van der Waals surface area contributed by atoms with Crippen LogP contribution < -0.4 is 0 Å². The van der Waals surface area contributed by atoms with Crippen molar-refractivity contribution < 1.29 is 21.9 Å². The predicted molar refractivity (Wildman–Crippen MR) is 86.8 cm³/mol. The van der Waals surface area contributed by atoms with Crippen LogP contribution >= 0.6 is 0 Å². The number of hydrogen-bond acceptors (Lipinski definition) is 4. The maximum atomic E-state index is 15.5. The Labute approximate surface area is 141 Å². The van der Waals surface area contributed by atoms with Gasteiger partial charge in [0.25, 0.3) is 0 Å². The van der Waals surface area contributed by atoms with E-state index in [-0.39, 0.29) is 17.7 Å². The van der Waals surface area contributed by atoms with Crippen LogP contribution in [-0.2, 0) is 14.6 Å². The Morgan fingerprint density at radius 1 is 1.00 bits per heavy atom. The van der Waals surface area contributed by atoms with E-state index in [1.54, 1.807) is 11.0 Å². The van der Waals surface area contributed by atoms with Crippen molar-refractivity contribution in [2.75, 3.05) is 26.3 Å². The van der Waals surface area contributed by atoms with Crippen molar-refractivity contribution in [3.63, 3.8) is 0 Å². The minimum Gasteiger partial charge on any atom is -0.379 e. The molecule has 0 unspecified atom stereocenters. The fourth-order valence-corrected chi connectivity index (χ4v) is 5.56. The van der Waals surface area contributed by atoms with Crippen molar-refractivity contribution >= 4 is 9.84 Å². The Balaban J connectivity index is 2.05. The Bertz CT molecular complexity index is 652. The summed E-state index contributed by atoms with van der Waals surface area (Å²) in [5.74, 6) is 0. The lowest BCUT2D eigenvalue weighted by Crippen LogP contribution is -2.66. The van der Waals surface area contributed by atoms with Gasteiger partial charge in [0.2, 0.25) is 9.84 Å². The monoisotopic (exact) mass is 359 g/mol. The van der Waals surface area contributed by atoms with E-state index in [9.17, 15) is 8.42 Å². The minimum atomic E-state index is -4.76. The second kappa shape index (κ2) is 6.69. The zero-order valence-corrected chi connectivity index (χ0v) is 14.4. The van der Waals surface area contributed by atoms with Gasteiger partial charge in [0.1, 0.15) is 5.54 Å². The van der Waals surface area contributed by atoms with Crippen LogP contribution in [0.5, 0.6) is 0 Å². The summed E-state index contributed by atoms with van der Waals surface area (Å²) in [4.78, 5) is 1.35. The number of rotatable bonds is 4. The molecule has 0 radical (unpaired) electrons. The second-order valence-electron chi connectivity index (χ2n) is 6.52. The molecule has 0 spiro atoms. The number of morpholine rings is 1. The number of nitrogens with zero attached hydrogens (tertiary/aromatic N) is 1. The molecule has 0 N–H and O–H groups in total. The molecule has 2 fully saturated rings. The van der Waals surface area contributed by atoms with E-state index < -0.39 is 20.6 Å². The van der Waals surface area contributed by atoms with Gasteiger partial charge in [-0.25, -0.2) is 8.42 Å². The molecule has 1 aromatic rings. The molecule has 1 heterocycles. The van der Waals surface area contributed by atoms with E-state index in [0.717, 1.165) is 6.42 Å². The standard InChI is InChI=1S/C17H23F2NO3S/c18-17(19,24(21,22)15-7-3-1-4-8-15)16(9-5-2-6-10-16)20-11-13-23-14-12-20/h1,3-4,7-8H,2,5-6,9-14H2. The SMILES string of the molecule is O=S(=O)(c1ccccc1)C(F)(F)C1(N2CCOCC2)CCCCC1. The summed E-state index contributed by atoms with van der Waals surface area (Å²) in [6.07, 6.45) is 2.51. The summed E-state index contributed by atoms with van der Waals surface area (Å²) in [6, 6.07) is 7.07. The lowest BCUT2D eigenvalue weighted by molar-refractivity contribution is -0.131. The fraction of sp³-hybridized carbons (Fsp3) is 0.647. The number of halogens is 2. The first kappa shape index (κ1) is 17.8. The van der Waals surface area contributed by atoms with Crippen LogP contribution in [0, 0.1) is 0 Å². The van der Waals surface area contributed by atoms with Gasteiger partial charge >= 0.3 is 5.25 Å². The Morgan fingerprint density at radius 2 is 1.58 bits per heavy atom. The highest BCUT2D eigenvalue weighted by Gasteiger charge is 2.65. The summed E-state index contributed by atoms with van der Waals surface area (Å²) < 4.78 is 62.0. The number of sulfone groups is 1. The van der Waals surface area contributed by atoms with Crippen molar-refractivity contribution in [2.45, 2.75) is 47.8 Å². The van der Waals surface area contributed by atoms with Crippen molar-refractivity contribution in [3.05, 3.63) is 30.3 Å². The first-order chi connectivity index (χ1) is 11.4. The Kier molecular flexibility index (Phi) is 4.95. The van der Waals surface area contributed by atoms with Crippen LogP contribution in [0.15, 0.2) is 35.2 Å². The summed E-state index contributed by atoms with van der Waals surface area (Å²) in [5, 5.41) is -3.83. The van der Waals surface area contributed by atoms with E-state index in [4.69, 9.17) is 4.74 Å². The molecule has 3 rings (SSSR count). The van der Waals surface area contributed by atoms with Crippen molar-refractivity contribution in [2.24, 2.45) is 0 Å². The van der Waals surface area contributed by atoms with Crippen LogP contribution in [0.1, 0.15) is 32.1 Å². The molecular weight excluding hydrogens is 336 g/mol. The fourth-order valence-electron chi connectivity index (χ4n) is 3.92. The number of hydrogen-bond donors (Lipinski definition) is 0. The van der Waals surface area contributed by atoms with E-state index in [2.05, 4.69) is 0 Å². The molecule has 0 atom stereocenters. The van der Waals surface area contributed by atoms with Crippen LogP contribution in [0.25, 0.3) is 0 Å². The predicted octanol–water partition coefficient (Wildman–Crippen LogP) is 3.09. The molecule has 4 nitrogen and oxygen atoms in total. The van der Waals surface area contributed by atoms with Crippen LogP contribution in [-0.4, -0.2) is 50.4 Å². The Hall–Kier alpha value is -1.05. The van der Waals surface area contributed by atoms with Gasteiger partial charge < -0.3 is 4.74 Å². The molecule has 1 saturated heterocycles. The van der Waals surface area contributed by atoms with Gasteiger partial charge in [-0.3, -0.25) is 4.90 Å². The van der Waals surface area contributed by atoms with Crippen molar-refractivity contribution in [1.82, 2.24) is 4.90 Å². The van der Waals surface area contributed by atoms with Gasteiger partial charge in [-0.2, -0.15) is 8.78 Å². The molecule has 1 aliphatic heterocycles. The van der Waals surface area contributed by atoms with Crippen molar-refractivity contribution in [3.8, 4) is 0 Å². The Morgan fingerprint density at radius 3 is 2.17 bits per heavy atom. The molecule has 134 valence electrons. The molecule has 0 amide bonds. The second-order valence-corrected chi connectivity index (χ2v) is 8.52. The number of alkyl halides is 2. The maximum Gasteiger partial charge on any atom is 0.367 e. The van der Waals surface area contributed by atoms with Gasteiger partial charge in [-0.15, -0.1) is 0 Å². The van der Waals surface area contributed by atoms with Gasteiger partial charge in [0.05, 0.1) is 18.1 Å². The third-order valence-electron chi connectivity index (χ3n) is 5.23. The number of ether oxygens (including phenoxy) is 1. The molecule has 1 aromatic carbocycles. The lowest BCUT2D eigenvalue weighted by Gasteiger charge is -2.51. The van der Waals surface area contributed by atoms with Gasteiger partial charge in [0.15, 0.2) is 0 Å². The van der Waals surface area contributed by atoms with E-state index >= 15 is 8.78 Å². The summed E-state index contributed by atoms with van der Waals surface area (Å²) in [5.41, 5.74) is -1.64. The molecule has 0 aromatic heterocycles. The van der Waals surface area contributed by atoms with Crippen LogP contribution in [0.2, 0.25) is 0 Å². The highest BCUT2D eigenvalue weighted by atomic mass is 32.2. The average molecular weight is 359 g/mol. The largest absolute Gasteiger partial charge is 0.379 e. The van der Waals surface area contributed by atoms with Gasteiger partial charge in [-0.05, 0) is 25.0 Å². The third-order valence-corrected chi connectivity index (χ3v) is 7.18. The highest BCUT2D eigenvalue weighted by Crippen LogP contribution is 2.49. The lowest BCUT2D eigenvalue weighted by atomic mass is 9.80. The van der Waals surface area contributed by atoms with Crippen molar-refractivity contribution in [1.29, 1.82) is 0 Å². The van der Waals surface area contributed by atoms with E-state index in [1.807, 2.05) is 0 Å². The molecule has 1 aliphatic carbocycles. The molecule has 1 saturated carbocycles. The maximum absolute atomic E-state index is 15.5. The quantitative estimate of drug-likeness (QED) is 0.829. The van der Waals surface area contributed by atoms with Crippen LogP contribution in [0.3, 0.4) is 0 Å². The normalized spacial score (nSPS) is 23.1. The molecule has 2 aliphatic rings. The summed E-state index contributed by atoms with van der Waals surface area (Å²) in [6.45, 7) is 1.42. The van der Waals surface area contributed by atoms with E-state index in [0.29, 0.717) is 39.1 Å². The smallest absolute Gasteiger partial charge is 0.367 e. The highest BCUT2D eigenvalue weighted by molar-refractivity contribution is 7.92. The average Bonchev–Trinajstić information content (AvgIpc) is 2.63. The summed E-state index contributed by atoms with van der Waals surface area (Å²) >= 11 is 0. The van der Waals surface area contributed by atoms with Crippen LogP contribution in [0.4, 0.5) is 8.78 Å². The first-order valence-electron chi connectivity index (χ1n) is 8.42. The zero-order valence-electron chi connectivity index (χ0n) is 13.6. The third kappa shape index (κ3) is 2.76. The topological polar surface area (TPSA) is 46.6 Å². The number of benzene rings is 1. The van der Waals surface area contributed by atoms with Gasteiger partial charge in [-0.1, -0.05) is 37.5 Å². The van der Waals surface area contributed by atoms with E-state index in [1.165, 1.54) is 24.3 Å². The summed E-state index contributed by atoms with van der Waals surface area (Å²) in [7, 11) is -4.76. The van der Waals surface area contributed by atoms with Gasteiger partial charge in [0, 0.05) is 13.1 Å². The molecular formula is C17H23F2NO3S. The zero-order chi connectivity index (χ0) is 17.3. The molecule has 7 heteroatoms.